The van der Waals surface area contributed by atoms with Crippen LogP contribution in [0.25, 0.3) is 0 Å². The second-order valence-electron chi connectivity index (χ2n) is 7.05. The summed E-state index contributed by atoms with van der Waals surface area (Å²) in [7, 11) is 0. The second-order valence-corrected chi connectivity index (χ2v) is 7.77. The van der Waals surface area contributed by atoms with Gasteiger partial charge in [-0.1, -0.05) is 44.5 Å². The molecule has 0 aromatic heterocycles. The maximum Gasteiger partial charge on any atom is 0.404 e. The quantitative estimate of drug-likeness (QED) is 0.306. The van der Waals surface area contributed by atoms with Crippen LogP contribution in [0.15, 0.2) is 42.5 Å². The van der Waals surface area contributed by atoms with Crippen LogP contribution in [-0.2, 0) is 4.87 Å². The van der Waals surface area contributed by atoms with E-state index in [1.54, 1.807) is 12.1 Å². The van der Waals surface area contributed by atoms with Crippen molar-refractivity contribution in [2.75, 3.05) is 0 Å². The number of halogens is 7. The first-order valence-corrected chi connectivity index (χ1v) is 9.89. The Morgan fingerprint density at radius 1 is 0.968 bits per heavy atom. The minimum Gasteiger partial charge on any atom is -0.456 e. The normalized spacial score (nSPS) is 14.2. The summed E-state index contributed by atoms with van der Waals surface area (Å²) in [4.78, 5) is -0.796. The SMILES string of the molecule is CCCC(Cl)(CC)c1cccc(Oc2ccc(C(C(F)(F)F)C(F)(F)F)cc2)c1C#N. The van der Waals surface area contributed by atoms with Gasteiger partial charge in [0, 0.05) is 0 Å². The molecule has 31 heavy (non-hydrogen) atoms. The lowest BCUT2D eigenvalue weighted by Crippen LogP contribution is -2.34. The summed E-state index contributed by atoms with van der Waals surface area (Å²) in [5, 5.41) is 9.66. The van der Waals surface area contributed by atoms with Gasteiger partial charge in [0.25, 0.3) is 0 Å². The number of nitriles is 1. The van der Waals surface area contributed by atoms with Crippen LogP contribution in [0.3, 0.4) is 0 Å². The molecule has 2 nitrogen and oxygen atoms in total. The van der Waals surface area contributed by atoms with Gasteiger partial charge in [0.05, 0.1) is 10.4 Å². The standard InChI is InChI=1S/C22H20ClF6NO/c1-3-12-20(23,4-2)17-6-5-7-18(16(17)13-30)31-15-10-8-14(9-11-15)19(21(24,25)26)22(27,28)29/h5-11,19H,3-4,12H2,1-2H3. The molecule has 168 valence electrons. The molecule has 1 atom stereocenters. The number of benzene rings is 2. The molecule has 0 saturated carbocycles. The Morgan fingerprint density at radius 2 is 1.55 bits per heavy atom. The van der Waals surface area contributed by atoms with E-state index in [0.29, 0.717) is 30.5 Å². The number of hydrogen-bond donors (Lipinski definition) is 0. The van der Waals surface area contributed by atoms with Crippen molar-refractivity contribution in [1.82, 2.24) is 0 Å². The molecule has 0 fully saturated rings. The van der Waals surface area contributed by atoms with E-state index in [-0.39, 0.29) is 17.1 Å². The lowest BCUT2D eigenvalue weighted by molar-refractivity contribution is -0.253. The summed E-state index contributed by atoms with van der Waals surface area (Å²) in [6.45, 7) is 3.84. The van der Waals surface area contributed by atoms with Crippen molar-refractivity contribution in [3.05, 3.63) is 59.2 Å². The van der Waals surface area contributed by atoms with Crippen LogP contribution in [0, 0.1) is 11.3 Å². The first-order chi connectivity index (χ1) is 14.4. The largest absolute Gasteiger partial charge is 0.456 e. The average molecular weight is 464 g/mol. The Kier molecular flexibility index (Phi) is 7.53. The van der Waals surface area contributed by atoms with Gasteiger partial charge in [0.15, 0.2) is 5.92 Å². The number of rotatable bonds is 7. The molecule has 2 rings (SSSR count). The molecule has 2 aromatic carbocycles. The fourth-order valence-electron chi connectivity index (χ4n) is 3.42. The predicted octanol–water partition coefficient (Wildman–Crippen LogP) is 8.20. The Labute approximate surface area is 181 Å². The molecule has 0 spiro atoms. The molecule has 1 unspecified atom stereocenters. The fraction of sp³-hybridized carbons (Fsp3) is 0.409. The van der Waals surface area contributed by atoms with Crippen LogP contribution in [0.4, 0.5) is 26.3 Å². The van der Waals surface area contributed by atoms with E-state index >= 15 is 0 Å². The van der Waals surface area contributed by atoms with E-state index < -0.39 is 28.7 Å². The van der Waals surface area contributed by atoms with Gasteiger partial charge in [-0.2, -0.15) is 31.6 Å². The third-order valence-electron chi connectivity index (χ3n) is 4.92. The lowest BCUT2D eigenvalue weighted by atomic mass is 9.87. The smallest absolute Gasteiger partial charge is 0.404 e. The zero-order valence-electron chi connectivity index (χ0n) is 16.7. The van der Waals surface area contributed by atoms with E-state index in [1.807, 2.05) is 19.9 Å². The fourth-order valence-corrected chi connectivity index (χ4v) is 3.77. The molecule has 0 heterocycles. The summed E-state index contributed by atoms with van der Waals surface area (Å²) in [6, 6.07) is 10.3. The van der Waals surface area contributed by atoms with E-state index in [2.05, 4.69) is 0 Å². The van der Waals surface area contributed by atoms with Crippen LogP contribution in [0.2, 0.25) is 0 Å². The van der Waals surface area contributed by atoms with Gasteiger partial charge in [0.1, 0.15) is 17.6 Å². The summed E-state index contributed by atoms with van der Waals surface area (Å²) in [5.41, 5.74) is -0.222. The van der Waals surface area contributed by atoms with E-state index in [1.165, 1.54) is 6.07 Å². The van der Waals surface area contributed by atoms with Gasteiger partial charge in [-0.3, -0.25) is 0 Å². The van der Waals surface area contributed by atoms with Gasteiger partial charge in [-0.15, -0.1) is 11.6 Å². The number of ether oxygens (including phenoxy) is 1. The molecule has 2 aromatic rings. The van der Waals surface area contributed by atoms with Gasteiger partial charge in [0.2, 0.25) is 0 Å². The molecule has 0 aliphatic carbocycles. The van der Waals surface area contributed by atoms with Crippen molar-refractivity contribution in [2.24, 2.45) is 0 Å². The number of alkyl halides is 7. The van der Waals surface area contributed by atoms with Crippen molar-refractivity contribution in [3.8, 4) is 17.6 Å². The molecular weight excluding hydrogens is 444 g/mol. The highest BCUT2D eigenvalue weighted by Crippen LogP contribution is 2.47. The lowest BCUT2D eigenvalue weighted by Gasteiger charge is -2.27. The highest BCUT2D eigenvalue weighted by atomic mass is 35.5. The molecule has 0 aliphatic heterocycles. The Balaban J connectivity index is 2.40. The molecule has 9 heteroatoms. The first kappa shape index (κ1) is 24.9. The molecule has 0 bridgehead atoms. The van der Waals surface area contributed by atoms with Crippen LogP contribution < -0.4 is 4.74 Å². The summed E-state index contributed by atoms with van der Waals surface area (Å²) in [6.07, 6.45) is -9.04. The van der Waals surface area contributed by atoms with Crippen LogP contribution in [-0.4, -0.2) is 12.4 Å². The maximum atomic E-state index is 12.9. The summed E-state index contributed by atoms with van der Waals surface area (Å²) < 4.78 is 83.0. The van der Waals surface area contributed by atoms with Gasteiger partial charge in [-0.05, 0) is 42.2 Å². The molecule has 0 aliphatic rings. The second kappa shape index (κ2) is 9.39. The highest BCUT2D eigenvalue weighted by molar-refractivity contribution is 6.24. The van der Waals surface area contributed by atoms with Crippen molar-refractivity contribution >= 4 is 11.6 Å². The van der Waals surface area contributed by atoms with Crippen LogP contribution in [0.5, 0.6) is 11.5 Å². The highest BCUT2D eigenvalue weighted by Gasteiger charge is 2.57. The third kappa shape index (κ3) is 5.65. The third-order valence-corrected chi connectivity index (χ3v) is 5.58. The molecular formula is C22H20ClF6NO. The van der Waals surface area contributed by atoms with Gasteiger partial charge < -0.3 is 4.74 Å². The topological polar surface area (TPSA) is 33.0 Å². The van der Waals surface area contributed by atoms with Crippen molar-refractivity contribution in [2.45, 2.75) is 56.3 Å². The van der Waals surface area contributed by atoms with E-state index in [0.717, 1.165) is 18.6 Å². The monoisotopic (exact) mass is 463 g/mol. The van der Waals surface area contributed by atoms with E-state index in [4.69, 9.17) is 16.3 Å². The zero-order chi connectivity index (χ0) is 23.4. The first-order valence-electron chi connectivity index (χ1n) is 9.51. The Bertz CT molecular complexity index is 919. The van der Waals surface area contributed by atoms with E-state index in [9.17, 15) is 31.6 Å². The molecule has 0 saturated heterocycles. The number of nitrogens with zero attached hydrogens (tertiary/aromatic N) is 1. The van der Waals surface area contributed by atoms with Crippen LogP contribution >= 0.6 is 11.6 Å². The average Bonchev–Trinajstić information content (AvgIpc) is 2.67. The Morgan fingerprint density at radius 3 is 2.00 bits per heavy atom. The van der Waals surface area contributed by atoms with Crippen LogP contribution in [0.1, 0.15) is 55.7 Å². The molecule has 0 amide bonds. The van der Waals surface area contributed by atoms with Gasteiger partial charge in [-0.25, -0.2) is 0 Å². The van der Waals surface area contributed by atoms with Crippen molar-refractivity contribution in [1.29, 1.82) is 5.26 Å². The maximum absolute atomic E-state index is 12.9. The minimum absolute atomic E-state index is 0.00679. The number of hydrogen-bond acceptors (Lipinski definition) is 2. The van der Waals surface area contributed by atoms with Gasteiger partial charge >= 0.3 is 12.4 Å². The minimum atomic E-state index is -5.48. The zero-order valence-corrected chi connectivity index (χ0v) is 17.5. The molecule has 0 radical (unpaired) electrons. The summed E-state index contributed by atoms with van der Waals surface area (Å²) in [5.74, 6) is -3.49. The molecule has 0 N–H and O–H groups in total. The predicted molar refractivity (Wildman–Crippen MR) is 105 cm³/mol. The summed E-state index contributed by atoms with van der Waals surface area (Å²) >= 11 is 6.73. The van der Waals surface area contributed by atoms with Crippen molar-refractivity contribution < 1.29 is 31.1 Å². The Hall–Kier alpha value is -2.40. The van der Waals surface area contributed by atoms with Crippen molar-refractivity contribution in [3.63, 3.8) is 0 Å².